The molecule has 0 aromatic heterocycles. The highest BCUT2D eigenvalue weighted by atomic mass is 79.9. The van der Waals surface area contributed by atoms with E-state index in [0.717, 1.165) is 6.42 Å². The Bertz CT molecular complexity index is 637. The summed E-state index contributed by atoms with van der Waals surface area (Å²) >= 11 is 3.10. The molecule has 1 aromatic rings. The summed E-state index contributed by atoms with van der Waals surface area (Å²) in [6.07, 6.45) is 1.30. The SMILES string of the molecule is COc1ccc([N+](=O)[O-])cc1NC(=O)[C@@H]1CCCN1C(=O)CBr. The lowest BCUT2D eigenvalue weighted by Crippen LogP contribution is -2.43. The van der Waals surface area contributed by atoms with Crippen LogP contribution in [0.3, 0.4) is 0 Å². The van der Waals surface area contributed by atoms with Crippen molar-refractivity contribution in [1.82, 2.24) is 4.90 Å². The molecular weight excluding hydrogens is 370 g/mol. The summed E-state index contributed by atoms with van der Waals surface area (Å²) in [5.41, 5.74) is 0.0609. The van der Waals surface area contributed by atoms with E-state index in [2.05, 4.69) is 21.2 Å². The van der Waals surface area contributed by atoms with Gasteiger partial charge in [-0.25, -0.2) is 0 Å². The van der Waals surface area contributed by atoms with E-state index in [1.807, 2.05) is 0 Å². The van der Waals surface area contributed by atoms with Crippen LogP contribution < -0.4 is 10.1 Å². The van der Waals surface area contributed by atoms with Gasteiger partial charge in [0.25, 0.3) is 5.69 Å². The predicted molar refractivity (Wildman–Crippen MR) is 86.8 cm³/mol. The van der Waals surface area contributed by atoms with Crippen molar-refractivity contribution < 1.29 is 19.2 Å². The molecule has 23 heavy (non-hydrogen) atoms. The van der Waals surface area contributed by atoms with E-state index in [0.29, 0.717) is 18.7 Å². The second-order valence-electron chi connectivity index (χ2n) is 5.01. The number of benzene rings is 1. The van der Waals surface area contributed by atoms with E-state index in [1.54, 1.807) is 0 Å². The first kappa shape index (κ1) is 17.2. The molecular formula is C14H16BrN3O5. The number of methoxy groups -OCH3 is 1. The van der Waals surface area contributed by atoms with Gasteiger partial charge in [0.05, 0.1) is 23.1 Å². The Kier molecular flexibility index (Phi) is 5.54. The van der Waals surface area contributed by atoms with Gasteiger partial charge in [-0.15, -0.1) is 0 Å². The summed E-state index contributed by atoms with van der Waals surface area (Å²) in [7, 11) is 1.41. The summed E-state index contributed by atoms with van der Waals surface area (Å²) in [4.78, 5) is 36.1. The van der Waals surface area contributed by atoms with Crippen molar-refractivity contribution >= 4 is 39.1 Å². The maximum Gasteiger partial charge on any atom is 0.271 e. The highest BCUT2D eigenvalue weighted by Gasteiger charge is 2.34. The van der Waals surface area contributed by atoms with Crippen molar-refractivity contribution in [1.29, 1.82) is 0 Å². The fraction of sp³-hybridized carbons (Fsp3) is 0.429. The Hall–Kier alpha value is -2.16. The first-order valence-electron chi connectivity index (χ1n) is 6.96. The topological polar surface area (TPSA) is 102 Å². The molecule has 2 amide bonds. The smallest absolute Gasteiger partial charge is 0.271 e. The Morgan fingerprint density at radius 1 is 1.52 bits per heavy atom. The molecule has 0 spiro atoms. The zero-order valence-corrected chi connectivity index (χ0v) is 14.0. The Labute approximate surface area is 141 Å². The van der Waals surface area contributed by atoms with Crippen LogP contribution in [0.15, 0.2) is 18.2 Å². The number of nitro groups is 1. The molecule has 0 unspecified atom stereocenters. The number of halogens is 1. The van der Waals surface area contributed by atoms with E-state index in [9.17, 15) is 19.7 Å². The quantitative estimate of drug-likeness (QED) is 0.473. The molecule has 1 aliphatic rings. The van der Waals surface area contributed by atoms with Crippen molar-refractivity contribution in [2.75, 3.05) is 24.3 Å². The van der Waals surface area contributed by atoms with Gasteiger partial charge in [0.1, 0.15) is 11.8 Å². The lowest BCUT2D eigenvalue weighted by Gasteiger charge is -2.23. The zero-order valence-electron chi connectivity index (χ0n) is 12.5. The number of rotatable bonds is 5. The van der Waals surface area contributed by atoms with Gasteiger partial charge in [0.15, 0.2) is 0 Å². The maximum atomic E-state index is 12.4. The second kappa shape index (κ2) is 7.40. The van der Waals surface area contributed by atoms with Crippen molar-refractivity contribution in [2.45, 2.75) is 18.9 Å². The number of nitrogens with one attached hydrogen (secondary N) is 1. The van der Waals surface area contributed by atoms with Crippen molar-refractivity contribution in [3.05, 3.63) is 28.3 Å². The standard InChI is InChI=1S/C14H16BrN3O5/c1-23-12-5-4-9(18(21)22)7-10(12)16-14(20)11-3-2-6-17(11)13(19)8-15/h4-5,7,11H,2-3,6,8H2,1H3,(H,16,20)/t11-/m0/s1. The largest absolute Gasteiger partial charge is 0.495 e. The third-order valence-corrected chi connectivity index (χ3v) is 4.12. The summed E-state index contributed by atoms with van der Waals surface area (Å²) in [5.74, 6) is -0.218. The summed E-state index contributed by atoms with van der Waals surface area (Å²) in [5, 5.41) is 13.6. The van der Waals surface area contributed by atoms with Crippen LogP contribution in [0, 0.1) is 10.1 Å². The highest BCUT2D eigenvalue weighted by Crippen LogP contribution is 2.30. The molecule has 0 bridgehead atoms. The summed E-state index contributed by atoms with van der Waals surface area (Å²) < 4.78 is 5.11. The van der Waals surface area contributed by atoms with Gasteiger partial charge in [-0.1, -0.05) is 15.9 Å². The van der Waals surface area contributed by atoms with Gasteiger partial charge in [0.2, 0.25) is 11.8 Å². The average molecular weight is 386 g/mol. The normalized spacial score (nSPS) is 17.0. The van der Waals surface area contributed by atoms with E-state index < -0.39 is 11.0 Å². The Balaban J connectivity index is 2.20. The molecule has 1 aromatic carbocycles. The second-order valence-corrected chi connectivity index (χ2v) is 5.57. The molecule has 2 rings (SSSR count). The maximum absolute atomic E-state index is 12.4. The molecule has 124 valence electrons. The van der Waals surface area contributed by atoms with Crippen LogP contribution in [0.1, 0.15) is 12.8 Å². The molecule has 1 N–H and O–H groups in total. The number of carbonyl (C=O) groups excluding carboxylic acids is 2. The van der Waals surface area contributed by atoms with Gasteiger partial charge >= 0.3 is 0 Å². The number of hydrogen-bond donors (Lipinski definition) is 1. The van der Waals surface area contributed by atoms with E-state index in [4.69, 9.17) is 4.74 Å². The van der Waals surface area contributed by atoms with Gasteiger partial charge in [0, 0.05) is 18.7 Å². The monoisotopic (exact) mass is 385 g/mol. The Morgan fingerprint density at radius 2 is 2.26 bits per heavy atom. The minimum absolute atomic E-state index is 0.150. The molecule has 0 saturated carbocycles. The number of amides is 2. The lowest BCUT2D eigenvalue weighted by atomic mass is 10.2. The predicted octanol–water partition coefficient (Wildman–Crippen LogP) is 1.93. The van der Waals surface area contributed by atoms with E-state index >= 15 is 0 Å². The number of ether oxygens (including phenoxy) is 1. The van der Waals surface area contributed by atoms with Gasteiger partial charge in [-0.05, 0) is 18.9 Å². The third kappa shape index (κ3) is 3.79. The van der Waals surface area contributed by atoms with Crippen LogP contribution in [0.5, 0.6) is 5.75 Å². The van der Waals surface area contributed by atoms with Crippen LogP contribution in [-0.2, 0) is 9.59 Å². The van der Waals surface area contributed by atoms with Crippen LogP contribution in [0.25, 0.3) is 0 Å². The number of anilines is 1. The highest BCUT2D eigenvalue weighted by molar-refractivity contribution is 9.09. The molecule has 0 radical (unpaired) electrons. The van der Waals surface area contributed by atoms with Crippen molar-refractivity contribution in [2.24, 2.45) is 0 Å². The summed E-state index contributed by atoms with van der Waals surface area (Å²) in [6.45, 7) is 0.522. The van der Waals surface area contributed by atoms with E-state index in [-0.39, 0.29) is 28.5 Å². The van der Waals surface area contributed by atoms with Gasteiger partial charge in [-0.2, -0.15) is 0 Å². The third-order valence-electron chi connectivity index (χ3n) is 3.64. The molecule has 8 nitrogen and oxygen atoms in total. The number of nitrogens with zero attached hydrogens (tertiary/aromatic N) is 2. The minimum atomic E-state index is -0.580. The number of alkyl halides is 1. The molecule has 1 heterocycles. The minimum Gasteiger partial charge on any atom is -0.495 e. The fourth-order valence-electron chi connectivity index (χ4n) is 2.54. The Morgan fingerprint density at radius 3 is 2.87 bits per heavy atom. The number of carbonyl (C=O) groups is 2. The molecule has 1 fully saturated rings. The van der Waals surface area contributed by atoms with Crippen LogP contribution >= 0.6 is 15.9 Å². The first-order chi connectivity index (χ1) is 11.0. The average Bonchev–Trinajstić information content (AvgIpc) is 3.03. The van der Waals surface area contributed by atoms with Crippen LogP contribution in [0.4, 0.5) is 11.4 Å². The molecule has 0 aliphatic carbocycles. The molecule has 1 saturated heterocycles. The van der Waals surface area contributed by atoms with Crippen LogP contribution in [0.2, 0.25) is 0 Å². The van der Waals surface area contributed by atoms with E-state index in [1.165, 1.54) is 30.2 Å². The number of likely N-dealkylation sites (tertiary alicyclic amines) is 1. The molecule has 9 heteroatoms. The number of hydrogen-bond acceptors (Lipinski definition) is 5. The molecule has 1 aliphatic heterocycles. The van der Waals surface area contributed by atoms with Crippen molar-refractivity contribution in [3.8, 4) is 5.75 Å². The molecule has 1 atom stereocenters. The van der Waals surface area contributed by atoms with Gasteiger partial charge in [-0.3, -0.25) is 19.7 Å². The van der Waals surface area contributed by atoms with Crippen molar-refractivity contribution in [3.63, 3.8) is 0 Å². The summed E-state index contributed by atoms with van der Waals surface area (Å²) in [6, 6.07) is 3.38. The van der Waals surface area contributed by atoms with Crippen LogP contribution in [-0.4, -0.2) is 46.7 Å². The number of nitro benzene ring substituents is 1. The lowest BCUT2D eigenvalue weighted by molar-refractivity contribution is -0.384. The zero-order chi connectivity index (χ0) is 17.0. The number of non-ortho nitro benzene ring substituents is 1. The fourth-order valence-corrected chi connectivity index (χ4v) is 2.86. The van der Waals surface area contributed by atoms with Gasteiger partial charge < -0.3 is 15.0 Å². The first-order valence-corrected chi connectivity index (χ1v) is 8.08.